The highest BCUT2D eigenvalue weighted by atomic mass is 32.2. The van der Waals surface area contributed by atoms with Crippen LogP contribution in [0.5, 0.6) is 0 Å². The number of para-hydroxylation sites is 1. The molecule has 0 unspecified atom stereocenters. The second-order valence-corrected chi connectivity index (χ2v) is 8.46. The van der Waals surface area contributed by atoms with Gasteiger partial charge in [0.15, 0.2) is 17.3 Å². The molecule has 2 aromatic carbocycles. The summed E-state index contributed by atoms with van der Waals surface area (Å²) in [7, 11) is -4.49. The molecule has 1 heterocycles. The zero-order valence-electron chi connectivity index (χ0n) is 15.6. The molecule has 1 N–H and O–H groups in total. The van der Waals surface area contributed by atoms with Gasteiger partial charge >= 0.3 is 5.97 Å². The van der Waals surface area contributed by atoms with Crippen molar-refractivity contribution < 1.29 is 32.8 Å². The number of aliphatic hydroxyl groups is 1. The Hall–Kier alpha value is -3.15. The number of ketones is 1. The van der Waals surface area contributed by atoms with Crippen molar-refractivity contribution in [3.05, 3.63) is 70.3 Å². The second kappa shape index (κ2) is 8.69. The molecule has 2 atom stereocenters. The van der Waals surface area contributed by atoms with Crippen molar-refractivity contribution in [3.63, 3.8) is 0 Å². The number of carbonyl (C=O) groups is 2. The molecule has 158 valence electrons. The average molecular weight is 434 g/mol. The van der Waals surface area contributed by atoms with Gasteiger partial charge in [-0.3, -0.25) is 19.7 Å². The smallest absolute Gasteiger partial charge is 0.325 e. The monoisotopic (exact) mass is 434 g/mol. The lowest BCUT2D eigenvalue weighted by molar-refractivity contribution is -0.387. The summed E-state index contributed by atoms with van der Waals surface area (Å²) in [5.41, 5.74) is -0.327. The molecule has 0 saturated carbocycles. The minimum absolute atomic E-state index is 0.252. The van der Waals surface area contributed by atoms with Crippen LogP contribution in [0.4, 0.5) is 5.69 Å². The van der Waals surface area contributed by atoms with Crippen LogP contribution in [0.25, 0.3) is 0 Å². The van der Waals surface area contributed by atoms with Crippen LogP contribution in [0.2, 0.25) is 0 Å². The molecule has 10 nitrogen and oxygen atoms in total. The van der Waals surface area contributed by atoms with Crippen LogP contribution in [-0.2, 0) is 19.6 Å². The number of benzene rings is 2. The van der Waals surface area contributed by atoms with E-state index in [1.807, 2.05) is 0 Å². The molecule has 30 heavy (non-hydrogen) atoms. The van der Waals surface area contributed by atoms with Crippen LogP contribution in [0.3, 0.4) is 0 Å². The van der Waals surface area contributed by atoms with E-state index >= 15 is 0 Å². The van der Waals surface area contributed by atoms with Gasteiger partial charge in [-0.1, -0.05) is 42.5 Å². The highest BCUT2D eigenvalue weighted by molar-refractivity contribution is 7.89. The Morgan fingerprint density at radius 1 is 1.13 bits per heavy atom. The number of esters is 1. The molecule has 0 spiro atoms. The number of β-amino-alcohol motifs (C(OH)–C–C–N with tert-alkyl or cyclic N) is 1. The predicted octanol–water partition coefficient (Wildman–Crippen LogP) is 1.14. The Kier molecular flexibility index (Phi) is 6.25. The summed E-state index contributed by atoms with van der Waals surface area (Å²) in [6.07, 6.45) is -1.41. The topological polar surface area (TPSA) is 144 Å². The lowest BCUT2D eigenvalue weighted by Crippen LogP contribution is -2.42. The molecule has 1 aliphatic rings. The Morgan fingerprint density at radius 3 is 2.43 bits per heavy atom. The van der Waals surface area contributed by atoms with Crippen LogP contribution in [0.15, 0.2) is 59.5 Å². The van der Waals surface area contributed by atoms with Crippen molar-refractivity contribution in [1.82, 2.24) is 4.31 Å². The van der Waals surface area contributed by atoms with Crippen molar-refractivity contribution in [2.45, 2.75) is 23.5 Å². The Balaban J connectivity index is 1.80. The maximum atomic E-state index is 13.0. The molecule has 1 aliphatic heterocycles. The normalized spacial score (nSPS) is 19.4. The number of nitro groups is 1. The fourth-order valence-corrected chi connectivity index (χ4v) is 4.94. The van der Waals surface area contributed by atoms with E-state index in [4.69, 9.17) is 4.74 Å². The third-order valence-electron chi connectivity index (χ3n) is 4.60. The van der Waals surface area contributed by atoms with Gasteiger partial charge in [0.05, 0.1) is 11.0 Å². The van der Waals surface area contributed by atoms with Gasteiger partial charge in [-0.25, -0.2) is 8.42 Å². The number of aliphatic hydroxyl groups excluding tert-OH is 1. The third-order valence-corrected chi connectivity index (χ3v) is 6.52. The Morgan fingerprint density at radius 2 is 1.77 bits per heavy atom. The lowest BCUT2D eigenvalue weighted by atomic mass is 10.1. The summed E-state index contributed by atoms with van der Waals surface area (Å²) in [5.74, 6) is -1.49. The zero-order chi connectivity index (χ0) is 21.9. The highest BCUT2D eigenvalue weighted by Crippen LogP contribution is 2.31. The van der Waals surface area contributed by atoms with E-state index in [0.717, 1.165) is 12.1 Å². The minimum Gasteiger partial charge on any atom is -0.456 e. The summed E-state index contributed by atoms with van der Waals surface area (Å²) in [6, 6.07) is 11.4. The van der Waals surface area contributed by atoms with E-state index < -0.39 is 62.6 Å². The van der Waals surface area contributed by atoms with E-state index in [-0.39, 0.29) is 6.42 Å². The molecule has 11 heteroatoms. The van der Waals surface area contributed by atoms with E-state index in [0.29, 0.717) is 9.87 Å². The number of Topliss-reactive ketones (excluding diaryl/α,β-unsaturated/α-hetero) is 1. The molecular formula is C19H18N2O8S. The van der Waals surface area contributed by atoms with Crippen molar-refractivity contribution >= 4 is 27.5 Å². The van der Waals surface area contributed by atoms with Crippen LogP contribution < -0.4 is 0 Å². The molecular weight excluding hydrogens is 416 g/mol. The van der Waals surface area contributed by atoms with Gasteiger partial charge in [-0.05, 0) is 6.07 Å². The number of nitro benzene ring substituents is 1. The minimum atomic E-state index is -4.49. The number of rotatable bonds is 7. The van der Waals surface area contributed by atoms with Gasteiger partial charge in [0.1, 0.15) is 6.04 Å². The number of carbonyl (C=O) groups excluding carboxylic acids is 2. The van der Waals surface area contributed by atoms with Gasteiger partial charge in [0.2, 0.25) is 0 Å². The molecule has 1 saturated heterocycles. The van der Waals surface area contributed by atoms with Gasteiger partial charge in [0, 0.05) is 24.6 Å². The average Bonchev–Trinajstić information content (AvgIpc) is 3.15. The molecule has 0 amide bonds. The summed E-state index contributed by atoms with van der Waals surface area (Å²) < 4.78 is 31.7. The summed E-state index contributed by atoms with van der Waals surface area (Å²) in [6.45, 7) is -1.03. The fourth-order valence-electron chi connectivity index (χ4n) is 3.16. The SMILES string of the molecule is O=C(COC(=O)[C@@H]1C[C@@H](O)CN1S(=O)(=O)c1ccccc1[N+](=O)[O-])c1ccccc1. The summed E-state index contributed by atoms with van der Waals surface area (Å²) in [5, 5.41) is 21.2. The zero-order valence-corrected chi connectivity index (χ0v) is 16.4. The van der Waals surface area contributed by atoms with E-state index in [9.17, 15) is 33.2 Å². The first-order chi connectivity index (χ1) is 14.2. The molecule has 0 radical (unpaired) electrons. The number of nitrogens with zero attached hydrogens (tertiary/aromatic N) is 2. The van der Waals surface area contributed by atoms with Gasteiger partial charge in [0.25, 0.3) is 15.7 Å². The van der Waals surface area contributed by atoms with Gasteiger partial charge < -0.3 is 9.84 Å². The Labute approximate surface area is 171 Å². The first-order valence-electron chi connectivity index (χ1n) is 8.90. The van der Waals surface area contributed by atoms with Crippen LogP contribution in [-0.4, -0.2) is 59.8 Å². The van der Waals surface area contributed by atoms with Crippen LogP contribution in [0.1, 0.15) is 16.8 Å². The summed E-state index contributed by atoms with van der Waals surface area (Å²) in [4.78, 5) is 34.4. The van der Waals surface area contributed by atoms with Crippen LogP contribution in [0, 0.1) is 10.1 Å². The fraction of sp³-hybridized carbons (Fsp3) is 0.263. The number of ether oxygens (including phenoxy) is 1. The third kappa shape index (κ3) is 4.37. The quantitative estimate of drug-likeness (QED) is 0.296. The first-order valence-corrected chi connectivity index (χ1v) is 10.3. The largest absolute Gasteiger partial charge is 0.456 e. The lowest BCUT2D eigenvalue weighted by Gasteiger charge is -2.22. The van der Waals surface area contributed by atoms with Crippen molar-refractivity contribution in [2.75, 3.05) is 13.2 Å². The molecule has 0 aliphatic carbocycles. The standard InChI is InChI=1S/C19H18N2O8S/c22-14-10-16(19(24)29-12-17(23)13-6-2-1-3-7-13)20(11-14)30(27,28)18-9-5-4-8-15(18)21(25)26/h1-9,14,16,22H,10-12H2/t14-,16+/m1/s1. The van der Waals surface area contributed by atoms with Crippen molar-refractivity contribution in [2.24, 2.45) is 0 Å². The predicted molar refractivity (Wildman–Crippen MR) is 103 cm³/mol. The van der Waals surface area contributed by atoms with Crippen molar-refractivity contribution in [1.29, 1.82) is 0 Å². The first kappa shape index (κ1) is 21.6. The number of hydrogen-bond donors (Lipinski definition) is 1. The van der Waals surface area contributed by atoms with E-state index in [1.54, 1.807) is 30.3 Å². The molecule has 0 aromatic heterocycles. The van der Waals surface area contributed by atoms with E-state index in [2.05, 4.69) is 0 Å². The highest BCUT2D eigenvalue weighted by Gasteiger charge is 2.46. The molecule has 3 rings (SSSR count). The molecule has 2 aromatic rings. The maximum Gasteiger partial charge on any atom is 0.325 e. The van der Waals surface area contributed by atoms with Crippen LogP contribution >= 0.6 is 0 Å². The Bertz CT molecular complexity index is 1070. The number of sulfonamides is 1. The number of hydrogen-bond acceptors (Lipinski definition) is 8. The van der Waals surface area contributed by atoms with E-state index in [1.165, 1.54) is 12.1 Å². The summed E-state index contributed by atoms with van der Waals surface area (Å²) >= 11 is 0. The van der Waals surface area contributed by atoms with Gasteiger partial charge in [-0.15, -0.1) is 0 Å². The second-order valence-electron chi connectivity index (χ2n) is 6.60. The molecule has 1 fully saturated rings. The molecule has 0 bridgehead atoms. The maximum absolute atomic E-state index is 13.0. The van der Waals surface area contributed by atoms with Gasteiger partial charge in [-0.2, -0.15) is 4.31 Å². The van der Waals surface area contributed by atoms with Crippen molar-refractivity contribution in [3.8, 4) is 0 Å².